The average Bonchev–Trinajstić information content (AvgIpc) is 2.84. The Kier molecular flexibility index (Phi) is 4.94. The lowest BCUT2D eigenvalue weighted by Gasteiger charge is -2.23. The van der Waals surface area contributed by atoms with Crippen molar-refractivity contribution in [2.45, 2.75) is 30.6 Å². The molecule has 8 heteroatoms. The molecule has 1 aromatic carbocycles. The van der Waals surface area contributed by atoms with E-state index in [-0.39, 0.29) is 34.9 Å². The van der Waals surface area contributed by atoms with E-state index in [1.165, 1.54) is 24.3 Å². The molecular formula is C16H16FN3O3S. The molecular weight excluding hydrogens is 333 g/mol. The number of benzene rings is 1. The number of nitrogens with one attached hydrogen (secondary N) is 1. The minimum Gasteiger partial charge on any atom is -0.510 e. The molecule has 2 amide bonds. The number of halogens is 1. The third kappa shape index (κ3) is 3.48. The summed E-state index contributed by atoms with van der Waals surface area (Å²) in [6.07, 6.45) is 3.42. The molecule has 0 aliphatic heterocycles. The van der Waals surface area contributed by atoms with Crippen molar-refractivity contribution in [2.24, 2.45) is 22.1 Å². The number of ketones is 1. The molecule has 0 radical (unpaired) electrons. The average molecular weight is 349 g/mol. The molecule has 3 rings (SSSR count). The molecule has 126 valence electrons. The summed E-state index contributed by atoms with van der Waals surface area (Å²) in [4.78, 5) is 24.5. The summed E-state index contributed by atoms with van der Waals surface area (Å²) in [7, 11) is 0. The van der Waals surface area contributed by atoms with E-state index in [4.69, 9.17) is 0 Å². The molecule has 6 nitrogen and oxygen atoms in total. The van der Waals surface area contributed by atoms with E-state index in [9.17, 15) is 19.1 Å². The molecule has 0 bridgehead atoms. The SMILES string of the molecule is O=C(N=NC1=C(O)C2CCCCC2C1=O)NSc1ccc(F)cc1. The number of Topliss-reactive ketones (excluding diaryl/α,β-unsaturated/α-hetero) is 1. The van der Waals surface area contributed by atoms with Crippen molar-refractivity contribution < 1.29 is 19.1 Å². The molecule has 2 aliphatic rings. The number of azo groups is 1. The van der Waals surface area contributed by atoms with Crippen molar-refractivity contribution >= 4 is 23.8 Å². The van der Waals surface area contributed by atoms with Gasteiger partial charge >= 0.3 is 6.03 Å². The van der Waals surface area contributed by atoms with Gasteiger partial charge in [-0.25, -0.2) is 9.18 Å². The summed E-state index contributed by atoms with van der Waals surface area (Å²) < 4.78 is 15.2. The zero-order chi connectivity index (χ0) is 17.1. The first-order valence-corrected chi connectivity index (χ1v) is 8.49. The van der Waals surface area contributed by atoms with Crippen LogP contribution in [0, 0.1) is 17.7 Å². The summed E-state index contributed by atoms with van der Waals surface area (Å²) in [5.74, 6) is -1.07. The van der Waals surface area contributed by atoms with E-state index in [0.29, 0.717) is 4.90 Å². The van der Waals surface area contributed by atoms with Crippen molar-refractivity contribution in [1.29, 1.82) is 0 Å². The molecule has 0 saturated heterocycles. The predicted octanol–water partition coefficient (Wildman–Crippen LogP) is 4.15. The monoisotopic (exact) mass is 349 g/mol. The van der Waals surface area contributed by atoms with E-state index in [1.807, 2.05) is 0 Å². The van der Waals surface area contributed by atoms with Gasteiger partial charge in [0.25, 0.3) is 0 Å². The number of allylic oxidation sites excluding steroid dienone is 2. The number of hydrogen-bond donors (Lipinski definition) is 2. The fraction of sp³-hybridized carbons (Fsp3) is 0.375. The maximum atomic E-state index is 12.8. The lowest BCUT2D eigenvalue weighted by molar-refractivity contribution is -0.120. The van der Waals surface area contributed by atoms with Crippen LogP contribution in [0.4, 0.5) is 9.18 Å². The van der Waals surface area contributed by atoms with Crippen LogP contribution in [0.3, 0.4) is 0 Å². The predicted molar refractivity (Wildman–Crippen MR) is 85.8 cm³/mol. The van der Waals surface area contributed by atoms with Gasteiger partial charge in [0.2, 0.25) is 0 Å². The lowest BCUT2D eigenvalue weighted by Crippen LogP contribution is -2.21. The van der Waals surface area contributed by atoms with Gasteiger partial charge in [-0.1, -0.05) is 18.0 Å². The quantitative estimate of drug-likeness (QED) is 0.633. The van der Waals surface area contributed by atoms with Gasteiger partial charge in [-0.05, 0) is 49.1 Å². The fourth-order valence-corrected chi connectivity index (χ4v) is 3.59. The van der Waals surface area contributed by atoms with Crippen LogP contribution < -0.4 is 4.72 Å². The summed E-state index contributed by atoms with van der Waals surface area (Å²) in [5.41, 5.74) is -0.103. The van der Waals surface area contributed by atoms with Crippen LogP contribution in [-0.4, -0.2) is 16.9 Å². The lowest BCUT2D eigenvalue weighted by atomic mass is 9.80. The Bertz CT molecular complexity index is 718. The summed E-state index contributed by atoms with van der Waals surface area (Å²) in [5, 5.41) is 17.2. The highest BCUT2D eigenvalue weighted by atomic mass is 32.2. The van der Waals surface area contributed by atoms with Gasteiger partial charge in [0, 0.05) is 16.7 Å². The smallest absolute Gasteiger partial charge is 0.369 e. The van der Waals surface area contributed by atoms with Crippen molar-refractivity contribution in [3.63, 3.8) is 0 Å². The van der Waals surface area contributed by atoms with Crippen molar-refractivity contribution in [3.8, 4) is 0 Å². The van der Waals surface area contributed by atoms with E-state index in [0.717, 1.165) is 37.6 Å². The number of hydrogen-bond acceptors (Lipinski definition) is 5. The number of urea groups is 1. The third-order valence-electron chi connectivity index (χ3n) is 4.24. The topological polar surface area (TPSA) is 91.1 Å². The number of aliphatic hydroxyl groups is 1. The number of fused-ring (bicyclic) bond motifs is 1. The van der Waals surface area contributed by atoms with Crippen LogP contribution in [0.15, 0.2) is 50.8 Å². The number of rotatable bonds is 3. The van der Waals surface area contributed by atoms with Gasteiger partial charge in [0.05, 0.1) is 0 Å². The minimum atomic E-state index is -0.757. The molecule has 1 aromatic rings. The van der Waals surface area contributed by atoms with E-state index in [1.54, 1.807) is 0 Å². The maximum absolute atomic E-state index is 12.8. The van der Waals surface area contributed by atoms with Crippen LogP contribution >= 0.6 is 11.9 Å². The van der Waals surface area contributed by atoms with Gasteiger partial charge in [-0.15, -0.1) is 5.11 Å². The first-order valence-electron chi connectivity index (χ1n) is 7.67. The number of amides is 2. The first-order chi connectivity index (χ1) is 11.6. The highest BCUT2D eigenvalue weighted by Crippen LogP contribution is 2.42. The van der Waals surface area contributed by atoms with Gasteiger partial charge in [0.1, 0.15) is 11.6 Å². The zero-order valence-corrected chi connectivity index (χ0v) is 13.6. The maximum Gasteiger partial charge on any atom is 0.369 e. The van der Waals surface area contributed by atoms with Crippen molar-refractivity contribution in [1.82, 2.24) is 4.72 Å². The van der Waals surface area contributed by atoms with E-state index in [2.05, 4.69) is 15.0 Å². The zero-order valence-electron chi connectivity index (χ0n) is 12.7. The molecule has 0 spiro atoms. The molecule has 0 heterocycles. The Balaban J connectivity index is 1.60. The number of carbonyl (C=O) groups excluding carboxylic acids is 2. The van der Waals surface area contributed by atoms with Gasteiger partial charge < -0.3 is 5.11 Å². The van der Waals surface area contributed by atoms with E-state index >= 15 is 0 Å². The Morgan fingerprint density at radius 1 is 1.21 bits per heavy atom. The Labute approximate surface area is 142 Å². The van der Waals surface area contributed by atoms with Crippen LogP contribution in [0.2, 0.25) is 0 Å². The molecule has 2 aliphatic carbocycles. The molecule has 24 heavy (non-hydrogen) atoms. The summed E-state index contributed by atoms with van der Waals surface area (Å²) in [6.45, 7) is 0. The van der Waals surface area contributed by atoms with Crippen molar-refractivity contribution in [2.75, 3.05) is 0 Å². The Morgan fingerprint density at radius 3 is 2.54 bits per heavy atom. The Hall–Kier alpha value is -2.22. The molecule has 2 N–H and O–H groups in total. The molecule has 1 fully saturated rings. The second kappa shape index (κ2) is 7.12. The first kappa shape index (κ1) is 16.6. The normalized spacial score (nSPS) is 23.6. The van der Waals surface area contributed by atoms with Gasteiger partial charge in [-0.2, -0.15) is 0 Å². The molecule has 1 saturated carbocycles. The largest absolute Gasteiger partial charge is 0.510 e. The molecule has 0 aromatic heterocycles. The Morgan fingerprint density at radius 2 is 1.88 bits per heavy atom. The third-order valence-corrected chi connectivity index (χ3v) is 5.03. The highest BCUT2D eigenvalue weighted by Gasteiger charge is 2.43. The fourth-order valence-electron chi connectivity index (χ4n) is 3.07. The van der Waals surface area contributed by atoms with E-state index < -0.39 is 6.03 Å². The minimum absolute atomic E-state index is 0.0487. The van der Waals surface area contributed by atoms with Crippen LogP contribution in [0.25, 0.3) is 0 Å². The number of carbonyl (C=O) groups is 2. The van der Waals surface area contributed by atoms with Crippen LogP contribution in [0.5, 0.6) is 0 Å². The van der Waals surface area contributed by atoms with Crippen molar-refractivity contribution in [3.05, 3.63) is 41.5 Å². The van der Waals surface area contributed by atoms with Crippen LogP contribution in [0.1, 0.15) is 25.7 Å². The highest BCUT2D eigenvalue weighted by molar-refractivity contribution is 7.98. The number of nitrogens with zero attached hydrogens (tertiary/aromatic N) is 2. The number of aliphatic hydroxyl groups excluding tert-OH is 1. The van der Waals surface area contributed by atoms with Gasteiger partial charge in [-0.3, -0.25) is 9.52 Å². The summed E-state index contributed by atoms with van der Waals surface area (Å²) in [6, 6.07) is 4.82. The second-order valence-electron chi connectivity index (χ2n) is 5.76. The van der Waals surface area contributed by atoms with Gasteiger partial charge in [0.15, 0.2) is 11.5 Å². The molecule has 2 atom stereocenters. The summed E-state index contributed by atoms with van der Waals surface area (Å²) >= 11 is 0.958. The van der Waals surface area contributed by atoms with Crippen LogP contribution in [-0.2, 0) is 4.79 Å². The second-order valence-corrected chi connectivity index (χ2v) is 6.64. The molecule has 2 unspecified atom stereocenters. The standard InChI is InChI=1S/C16H16FN3O3S/c17-9-5-7-10(8-6-9)24-20-16(23)19-18-13-14(21)11-3-1-2-4-12(11)15(13)22/h5-8,11-12,21H,1-4H2,(H,20,23).